The maximum Gasteiger partial charge on any atom is 0.128 e. The van der Waals surface area contributed by atoms with Gasteiger partial charge in [0.15, 0.2) is 0 Å². The van der Waals surface area contributed by atoms with Crippen molar-refractivity contribution >= 4 is 15.9 Å². The van der Waals surface area contributed by atoms with E-state index < -0.39 is 0 Å². The van der Waals surface area contributed by atoms with Gasteiger partial charge in [-0.2, -0.15) is 5.10 Å². The molecule has 0 aromatic carbocycles. The molecular weight excluding hydrogens is 216 g/mol. The third-order valence-corrected chi connectivity index (χ3v) is 2.12. The largest absolute Gasteiger partial charge is 0.268 e. The molecule has 2 nitrogen and oxygen atoms in total. The summed E-state index contributed by atoms with van der Waals surface area (Å²) in [7, 11) is 0. The summed E-state index contributed by atoms with van der Waals surface area (Å²) in [5.74, 6) is 0.655. The molecule has 0 aliphatic rings. The summed E-state index contributed by atoms with van der Waals surface area (Å²) in [5, 5.41) is 4.35. The van der Waals surface area contributed by atoms with E-state index in [9.17, 15) is 0 Å². The van der Waals surface area contributed by atoms with Crippen LogP contribution >= 0.6 is 15.9 Å². The molecule has 0 bridgehead atoms. The topological polar surface area (TPSA) is 17.8 Å². The first-order chi connectivity index (χ1) is 5.63. The van der Waals surface area contributed by atoms with Gasteiger partial charge >= 0.3 is 0 Å². The van der Waals surface area contributed by atoms with Crippen molar-refractivity contribution in [2.45, 2.75) is 33.7 Å². The molecule has 3 heteroatoms. The molecule has 1 aromatic heterocycles. The molecule has 0 amide bonds. The van der Waals surface area contributed by atoms with Gasteiger partial charge in [0.05, 0.1) is 0 Å². The van der Waals surface area contributed by atoms with Crippen molar-refractivity contribution in [3.05, 3.63) is 16.4 Å². The summed E-state index contributed by atoms with van der Waals surface area (Å²) >= 11 is 3.38. The van der Waals surface area contributed by atoms with E-state index in [2.05, 4.69) is 52.5 Å². The number of aromatic nitrogens is 2. The fourth-order valence-electron chi connectivity index (χ4n) is 1.21. The van der Waals surface area contributed by atoms with Gasteiger partial charge in [-0.3, -0.25) is 4.68 Å². The SMILES string of the molecule is CCc1cc(Br)nn1CC(C)C. The maximum atomic E-state index is 4.35. The second-order valence-electron chi connectivity index (χ2n) is 3.39. The number of aryl methyl sites for hydroxylation is 1. The van der Waals surface area contributed by atoms with Crippen LogP contribution in [-0.2, 0) is 13.0 Å². The van der Waals surface area contributed by atoms with Crippen LogP contribution in [0.25, 0.3) is 0 Å². The van der Waals surface area contributed by atoms with E-state index in [0.29, 0.717) is 5.92 Å². The average molecular weight is 231 g/mol. The van der Waals surface area contributed by atoms with Gasteiger partial charge in [0.2, 0.25) is 0 Å². The highest BCUT2D eigenvalue weighted by Gasteiger charge is 2.05. The van der Waals surface area contributed by atoms with Crippen LogP contribution in [0, 0.1) is 5.92 Å². The van der Waals surface area contributed by atoms with Gasteiger partial charge in [-0.1, -0.05) is 20.8 Å². The van der Waals surface area contributed by atoms with Crippen LogP contribution < -0.4 is 0 Å². The third-order valence-electron chi connectivity index (χ3n) is 1.73. The van der Waals surface area contributed by atoms with Gasteiger partial charge in [-0.25, -0.2) is 0 Å². The maximum absolute atomic E-state index is 4.35. The molecule has 0 N–H and O–H groups in total. The summed E-state index contributed by atoms with van der Waals surface area (Å²) in [5.41, 5.74) is 1.30. The first kappa shape index (κ1) is 9.78. The van der Waals surface area contributed by atoms with Gasteiger partial charge in [-0.15, -0.1) is 0 Å². The first-order valence-electron chi connectivity index (χ1n) is 4.35. The van der Waals surface area contributed by atoms with Crippen molar-refractivity contribution in [2.24, 2.45) is 5.92 Å². The van der Waals surface area contributed by atoms with Crippen LogP contribution in [0.3, 0.4) is 0 Å². The van der Waals surface area contributed by atoms with Crippen molar-refractivity contribution in [3.63, 3.8) is 0 Å². The molecular formula is C9H15BrN2. The number of hydrogen-bond donors (Lipinski definition) is 0. The predicted molar refractivity (Wildman–Crippen MR) is 54.1 cm³/mol. The fourth-order valence-corrected chi connectivity index (χ4v) is 1.66. The molecule has 0 radical (unpaired) electrons. The molecule has 1 rings (SSSR count). The number of hydrogen-bond acceptors (Lipinski definition) is 1. The van der Waals surface area contributed by atoms with E-state index in [1.54, 1.807) is 0 Å². The Morgan fingerprint density at radius 1 is 1.58 bits per heavy atom. The Morgan fingerprint density at radius 2 is 2.25 bits per heavy atom. The Morgan fingerprint density at radius 3 is 2.75 bits per heavy atom. The zero-order chi connectivity index (χ0) is 9.14. The molecule has 0 atom stereocenters. The molecule has 1 heterocycles. The quantitative estimate of drug-likeness (QED) is 0.782. The zero-order valence-corrected chi connectivity index (χ0v) is 9.43. The second-order valence-corrected chi connectivity index (χ2v) is 4.20. The Labute approximate surface area is 82.1 Å². The lowest BCUT2D eigenvalue weighted by Crippen LogP contribution is -2.08. The molecule has 12 heavy (non-hydrogen) atoms. The third kappa shape index (κ3) is 2.34. The lowest BCUT2D eigenvalue weighted by molar-refractivity contribution is 0.468. The molecule has 0 fully saturated rings. The van der Waals surface area contributed by atoms with E-state index in [4.69, 9.17) is 0 Å². The highest BCUT2D eigenvalue weighted by molar-refractivity contribution is 9.10. The first-order valence-corrected chi connectivity index (χ1v) is 5.15. The molecule has 0 spiro atoms. The van der Waals surface area contributed by atoms with Crippen molar-refractivity contribution < 1.29 is 0 Å². The van der Waals surface area contributed by atoms with Crippen molar-refractivity contribution in [1.82, 2.24) is 9.78 Å². The summed E-state index contributed by atoms with van der Waals surface area (Å²) in [6.45, 7) is 7.57. The normalized spacial score (nSPS) is 11.1. The molecule has 0 saturated heterocycles. The minimum Gasteiger partial charge on any atom is -0.268 e. The van der Waals surface area contributed by atoms with E-state index in [1.165, 1.54) is 5.69 Å². The average Bonchev–Trinajstić information content (AvgIpc) is 2.29. The van der Waals surface area contributed by atoms with E-state index in [1.807, 2.05) is 0 Å². The van der Waals surface area contributed by atoms with Gasteiger partial charge < -0.3 is 0 Å². The minimum absolute atomic E-state index is 0.655. The van der Waals surface area contributed by atoms with E-state index in [-0.39, 0.29) is 0 Å². The highest BCUT2D eigenvalue weighted by atomic mass is 79.9. The Balaban J connectivity index is 2.81. The Bertz CT molecular complexity index is 253. The van der Waals surface area contributed by atoms with E-state index in [0.717, 1.165) is 17.6 Å². The van der Waals surface area contributed by atoms with Crippen LogP contribution in [0.2, 0.25) is 0 Å². The Kier molecular flexibility index (Phi) is 3.32. The lowest BCUT2D eigenvalue weighted by Gasteiger charge is -2.07. The highest BCUT2D eigenvalue weighted by Crippen LogP contribution is 2.12. The van der Waals surface area contributed by atoms with Crippen LogP contribution in [0.15, 0.2) is 10.7 Å². The molecule has 0 aliphatic heterocycles. The second kappa shape index (κ2) is 4.08. The number of rotatable bonds is 3. The molecule has 68 valence electrons. The lowest BCUT2D eigenvalue weighted by atomic mass is 10.2. The predicted octanol–water partition coefficient (Wildman–Crippen LogP) is 2.86. The summed E-state index contributed by atoms with van der Waals surface area (Å²) in [6, 6.07) is 2.09. The summed E-state index contributed by atoms with van der Waals surface area (Å²) in [4.78, 5) is 0. The van der Waals surface area contributed by atoms with E-state index >= 15 is 0 Å². The van der Waals surface area contributed by atoms with Crippen LogP contribution in [0.4, 0.5) is 0 Å². The van der Waals surface area contributed by atoms with Crippen molar-refractivity contribution in [3.8, 4) is 0 Å². The van der Waals surface area contributed by atoms with Gasteiger partial charge in [0.1, 0.15) is 4.60 Å². The number of nitrogens with zero attached hydrogens (tertiary/aromatic N) is 2. The molecule has 0 aliphatic carbocycles. The van der Waals surface area contributed by atoms with Gasteiger partial charge in [0, 0.05) is 12.2 Å². The van der Waals surface area contributed by atoms with Crippen LogP contribution in [-0.4, -0.2) is 9.78 Å². The summed E-state index contributed by atoms with van der Waals surface area (Å²) in [6.07, 6.45) is 1.05. The van der Waals surface area contributed by atoms with Crippen molar-refractivity contribution in [2.75, 3.05) is 0 Å². The number of halogens is 1. The fraction of sp³-hybridized carbons (Fsp3) is 0.667. The zero-order valence-electron chi connectivity index (χ0n) is 7.84. The van der Waals surface area contributed by atoms with Gasteiger partial charge in [-0.05, 0) is 34.3 Å². The minimum atomic E-state index is 0.655. The monoisotopic (exact) mass is 230 g/mol. The van der Waals surface area contributed by atoms with Crippen LogP contribution in [0.1, 0.15) is 26.5 Å². The van der Waals surface area contributed by atoms with Crippen LogP contribution in [0.5, 0.6) is 0 Å². The Hall–Kier alpha value is -0.310. The molecule has 0 unspecified atom stereocenters. The van der Waals surface area contributed by atoms with Gasteiger partial charge in [0.25, 0.3) is 0 Å². The smallest absolute Gasteiger partial charge is 0.128 e. The van der Waals surface area contributed by atoms with Crippen molar-refractivity contribution in [1.29, 1.82) is 0 Å². The molecule has 0 saturated carbocycles. The molecule has 1 aromatic rings. The summed E-state index contributed by atoms with van der Waals surface area (Å²) < 4.78 is 3.02. The standard InChI is InChI=1S/C9H15BrN2/c1-4-8-5-9(10)11-12(8)6-7(2)3/h5,7H,4,6H2,1-3H3.